The first-order valence-corrected chi connectivity index (χ1v) is 12.2. The summed E-state index contributed by atoms with van der Waals surface area (Å²) in [6.45, 7) is 2.89. The molecule has 38 heavy (non-hydrogen) atoms. The van der Waals surface area contributed by atoms with Crippen molar-refractivity contribution in [3.05, 3.63) is 58.1 Å². The smallest absolute Gasteiger partial charge is 0.416 e. The largest absolute Gasteiger partial charge is 0.489 e. The van der Waals surface area contributed by atoms with E-state index in [9.17, 15) is 26.7 Å². The average molecular weight is 566 g/mol. The molecule has 3 rings (SSSR count). The fraction of sp³-hybridized carbons (Fsp3) is 0.500. The summed E-state index contributed by atoms with van der Waals surface area (Å²) < 4.78 is 88.3. The maximum Gasteiger partial charge on any atom is 0.416 e. The number of benzene rings is 2. The van der Waals surface area contributed by atoms with Crippen molar-refractivity contribution in [2.24, 2.45) is 0 Å². The molecule has 6 nitrogen and oxygen atoms in total. The summed E-state index contributed by atoms with van der Waals surface area (Å²) in [6, 6.07) is 7.54. The van der Waals surface area contributed by atoms with Crippen molar-refractivity contribution < 1.29 is 45.7 Å². The van der Waals surface area contributed by atoms with Gasteiger partial charge < -0.3 is 18.9 Å². The second-order valence-corrected chi connectivity index (χ2v) is 10.0. The van der Waals surface area contributed by atoms with Crippen LogP contribution in [0.5, 0.6) is 11.5 Å². The second-order valence-electron chi connectivity index (χ2n) is 9.63. The Morgan fingerprint density at radius 1 is 1.18 bits per heavy atom. The van der Waals surface area contributed by atoms with Crippen LogP contribution in [-0.2, 0) is 27.1 Å². The normalized spacial score (nSPS) is 16.9. The van der Waals surface area contributed by atoms with Crippen molar-refractivity contribution >= 4 is 17.6 Å². The molecule has 0 radical (unpaired) electrons. The Bertz CT molecular complexity index is 1110. The van der Waals surface area contributed by atoms with E-state index < -0.39 is 42.6 Å². The van der Waals surface area contributed by atoms with Gasteiger partial charge in [-0.05, 0) is 50.6 Å². The molecule has 0 aromatic heterocycles. The number of halogens is 6. The quantitative estimate of drug-likeness (QED) is 0.251. The van der Waals surface area contributed by atoms with Gasteiger partial charge in [-0.3, -0.25) is 9.69 Å². The number of hydrogen-bond donors (Lipinski definition) is 0. The van der Waals surface area contributed by atoms with E-state index in [1.807, 2.05) is 4.90 Å². The van der Waals surface area contributed by atoms with E-state index in [1.54, 1.807) is 20.8 Å². The zero-order valence-electron chi connectivity index (χ0n) is 21.1. The molecule has 0 saturated carbocycles. The summed E-state index contributed by atoms with van der Waals surface area (Å²) in [7, 11) is 0. The molecule has 0 N–H and O–H groups in total. The van der Waals surface area contributed by atoms with E-state index >= 15 is 0 Å². The molecule has 0 spiro atoms. The van der Waals surface area contributed by atoms with Crippen LogP contribution in [0.1, 0.15) is 50.0 Å². The first kappa shape index (κ1) is 29.9. The number of carbonyl (C=O) groups excluding carboxylic acids is 1. The Morgan fingerprint density at radius 2 is 1.92 bits per heavy atom. The fourth-order valence-electron chi connectivity index (χ4n) is 3.93. The Hall–Kier alpha value is -2.63. The molecule has 2 aromatic rings. The van der Waals surface area contributed by atoms with Crippen LogP contribution in [0, 0.1) is 0 Å². The SMILES string of the molecule is CC(C)(C)OC(=O)CCN1CCOC(c2ccc(OCc3c(Cl)cccc3OC(F)F)cc2C(F)(F)F)C1. The van der Waals surface area contributed by atoms with E-state index in [2.05, 4.69) is 4.74 Å². The zero-order chi connectivity index (χ0) is 28.1. The van der Waals surface area contributed by atoms with Crippen LogP contribution in [-0.4, -0.2) is 49.3 Å². The maximum absolute atomic E-state index is 14.0. The summed E-state index contributed by atoms with van der Waals surface area (Å²) in [6.07, 6.45) is -5.50. The van der Waals surface area contributed by atoms with Crippen LogP contribution >= 0.6 is 11.6 Å². The van der Waals surface area contributed by atoms with Gasteiger partial charge >= 0.3 is 18.8 Å². The maximum atomic E-state index is 14.0. The summed E-state index contributed by atoms with van der Waals surface area (Å²) in [5.74, 6) is -0.762. The lowest BCUT2D eigenvalue weighted by molar-refractivity contribution is -0.155. The molecule has 1 heterocycles. The van der Waals surface area contributed by atoms with Crippen molar-refractivity contribution in [2.45, 2.75) is 58.3 Å². The van der Waals surface area contributed by atoms with Crippen LogP contribution in [0.3, 0.4) is 0 Å². The molecule has 0 bridgehead atoms. The lowest BCUT2D eigenvalue weighted by Crippen LogP contribution is -2.40. The van der Waals surface area contributed by atoms with Gasteiger partial charge in [-0.25, -0.2) is 0 Å². The van der Waals surface area contributed by atoms with Gasteiger partial charge in [-0.15, -0.1) is 0 Å². The molecule has 1 unspecified atom stereocenters. The molecule has 1 aliphatic rings. The number of hydrogen-bond acceptors (Lipinski definition) is 6. The van der Waals surface area contributed by atoms with Crippen molar-refractivity contribution in [1.29, 1.82) is 0 Å². The topological polar surface area (TPSA) is 57.2 Å². The van der Waals surface area contributed by atoms with Gasteiger partial charge in [0.15, 0.2) is 0 Å². The number of morpholine rings is 1. The average Bonchev–Trinajstić information content (AvgIpc) is 2.80. The first-order chi connectivity index (χ1) is 17.7. The number of nitrogens with zero attached hydrogens (tertiary/aromatic N) is 1. The molecular weight excluding hydrogens is 537 g/mol. The van der Waals surface area contributed by atoms with E-state index in [4.69, 9.17) is 25.8 Å². The Labute approximate surface area is 222 Å². The minimum atomic E-state index is -4.72. The Morgan fingerprint density at radius 3 is 2.58 bits per heavy atom. The Balaban J connectivity index is 1.74. The third-order valence-corrected chi connectivity index (χ3v) is 5.91. The molecule has 12 heteroatoms. The summed E-state index contributed by atoms with van der Waals surface area (Å²) in [4.78, 5) is 13.9. The number of esters is 1. The number of carbonyl (C=O) groups is 1. The van der Waals surface area contributed by atoms with Gasteiger partial charge in [-0.1, -0.05) is 23.7 Å². The number of rotatable bonds is 9. The van der Waals surface area contributed by atoms with Crippen molar-refractivity contribution in [3.8, 4) is 11.5 Å². The van der Waals surface area contributed by atoms with Crippen molar-refractivity contribution in [1.82, 2.24) is 4.90 Å². The predicted molar refractivity (Wildman–Crippen MR) is 129 cm³/mol. The zero-order valence-corrected chi connectivity index (χ0v) is 21.9. The van der Waals surface area contributed by atoms with E-state index in [0.717, 1.165) is 6.07 Å². The molecule has 1 fully saturated rings. The monoisotopic (exact) mass is 565 g/mol. The van der Waals surface area contributed by atoms with Gasteiger partial charge in [0.1, 0.15) is 23.7 Å². The highest BCUT2D eigenvalue weighted by atomic mass is 35.5. The first-order valence-electron chi connectivity index (χ1n) is 11.8. The molecule has 210 valence electrons. The minimum absolute atomic E-state index is 0.0675. The van der Waals surface area contributed by atoms with Crippen LogP contribution < -0.4 is 9.47 Å². The molecule has 0 aliphatic carbocycles. The molecule has 0 amide bonds. The van der Waals surface area contributed by atoms with Gasteiger partial charge in [-0.2, -0.15) is 22.0 Å². The number of alkyl halides is 5. The summed E-state index contributed by atoms with van der Waals surface area (Å²) in [5, 5.41) is 0.0675. The van der Waals surface area contributed by atoms with Crippen LogP contribution in [0.25, 0.3) is 0 Å². The summed E-state index contributed by atoms with van der Waals surface area (Å²) >= 11 is 6.06. The van der Waals surface area contributed by atoms with Gasteiger partial charge in [0.2, 0.25) is 0 Å². The van der Waals surface area contributed by atoms with Crippen LogP contribution in [0.2, 0.25) is 5.02 Å². The minimum Gasteiger partial charge on any atom is -0.489 e. The number of ether oxygens (including phenoxy) is 4. The molecule has 1 aliphatic heterocycles. The van der Waals surface area contributed by atoms with E-state index in [0.29, 0.717) is 13.1 Å². The van der Waals surface area contributed by atoms with Crippen molar-refractivity contribution in [3.63, 3.8) is 0 Å². The van der Waals surface area contributed by atoms with Crippen LogP contribution in [0.15, 0.2) is 36.4 Å². The lowest BCUT2D eigenvalue weighted by Gasteiger charge is -2.34. The van der Waals surface area contributed by atoms with Gasteiger partial charge in [0.05, 0.1) is 35.3 Å². The molecular formula is C26H29ClF5NO5. The van der Waals surface area contributed by atoms with Crippen LogP contribution in [0.4, 0.5) is 22.0 Å². The molecule has 1 saturated heterocycles. The predicted octanol–water partition coefficient (Wildman–Crippen LogP) is 6.64. The third kappa shape index (κ3) is 8.71. The van der Waals surface area contributed by atoms with E-state index in [-0.39, 0.29) is 47.2 Å². The highest BCUT2D eigenvalue weighted by Gasteiger charge is 2.37. The standard InChI is InChI=1S/C26H29ClF5NO5/c1-25(2,3)38-23(34)9-10-33-11-12-35-22(14-33)17-8-7-16(13-19(17)26(30,31)32)36-15-18-20(27)5-4-6-21(18)37-24(28)29/h4-8,13,22,24H,9-12,14-15H2,1-3H3. The molecule has 2 aromatic carbocycles. The fourth-order valence-corrected chi connectivity index (χ4v) is 4.15. The molecule has 1 atom stereocenters. The lowest BCUT2D eigenvalue weighted by atomic mass is 10.00. The second kappa shape index (κ2) is 12.5. The Kier molecular flexibility index (Phi) is 9.83. The van der Waals surface area contributed by atoms with E-state index in [1.165, 1.54) is 30.3 Å². The highest BCUT2D eigenvalue weighted by Crippen LogP contribution is 2.39. The van der Waals surface area contributed by atoms with Crippen molar-refractivity contribution in [2.75, 3.05) is 26.2 Å². The third-order valence-electron chi connectivity index (χ3n) is 5.55. The highest BCUT2D eigenvalue weighted by molar-refractivity contribution is 6.31. The van der Waals surface area contributed by atoms with Gasteiger partial charge in [0.25, 0.3) is 0 Å². The van der Waals surface area contributed by atoms with Gasteiger partial charge in [0, 0.05) is 19.6 Å². The summed E-state index contributed by atoms with van der Waals surface area (Å²) in [5.41, 5.74) is -1.58.